The minimum atomic E-state index is -4.37. The number of alkyl halides is 4. The average molecular weight is 447 g/mol. The summed E-state index contributed by atoms with van der Waals surface area (Å²) in [7, 11) is 0. The van der Waals surface area contributed by atoms with Gasteiger partial charge in [0, 0.05) is 42.0 Å². The minimum absolute atomic E-state index is 0.180. The van der Waals surface area contributed by atoms with Crippen molar-refractivity contribution in [2.45, 2.75) is 24.7 Å². The molecular formula is C21H21F4N7. The van der Waals surface area contributed by atoms with Gasteiger partial charge >= 0.3 is 6.18 Å². The minimum Gasteiger partial charge on any atom is -0.382 e. The van der Waals surface area contributed by atoms with Crippen LogP contribution in [0.3, 0.4) is 0 Å². The first-order valence-corrected chi connectivity index (χ1v) is 10.0. The summed E-state index contributed by atoms with van der Waals surface area (Å²) in [6, 6.07) is 6.95. The van der Waals surface area contributed by atoms with Crippen LogP contribution in [0, 0.1) is 5.41 Å². The Hall–Kier alpha value is -3.34. The average Bonchev–Trinajstić information content (AvgIpc) is 3.20. The fourth-order valence-corrected chi connectivity index (χ4v) is 3.61. The van der Waals surface area contributed by atoms with Gasteiger partial charge in [0.2, 0.25) is 0 Å². The number of rotatable bonds is 6. The molecule has 0 aliphatic carbocycles. The van der Waals surface area contributed by atoms with E-state index in [-0.39, 0.29) is 11.5 Å². The molecule has 1 fully saturated rings. The lowest BCUT2D eigenvalue weighted by Crippen LogP contribution is -2.36. The molecule has 11 heteroatoms. The topological polar surface area (TPSA) is 91.5 Å². The van der Waals surface area contributed by atoms with E-state index in [1.165, 1.54) is 6.20 Å². The standard InChI is InChI=1S/C21H21F4N7/c22-16-4-5-27-11-15(16)17-2-1-3-20(31-17)32-19-6-18(29-9-14(19)10-30-32)13(7-26)8-28-12-21(23,24)25/h1-3,6-10,15-16,26-28H,4-5,11-12H2/b13-8+,26-7?. The second-order valence-corrected chi connectivity index (χ2v) is 7.46. The number of fused-ring (bicyclic) bond motifs is 1. The van der Waals surface area contributed by atoms with E-state index in [0.29, 0.717) is 47.6 Å². The number of nitrogens with one attached hydrogen (secondary N) is 3. The lowest BCUT2D eigenvalue weighted by molar-refractivity contribution is -0.122. The van der Waals surface area contributed by atoms with Crippen LogP contribution in [0.1, 0.15) is 23.7 Å². The number of pyridine rings is 2. The third-order valence-corrected chi connectivity index (χ3v) is 5.21. The van der Waals surface area contributed by atoms with Crippen LogP contribution in [0.4, 0.5) is 17.6 Å². The smallest absolute Gasteiger partial charge is 0.382 e. The highest BCUT2D eigenvalue weighted by Gasteiger charge is 2.28. The summed E-state index contributed by atoms with van der Waals surface area (Å²) in [6.07, 6.45) is 0.229. The second-order valence-electron chi connectivity index (χ2n) is 7.46. The Kier molecular flexibility index (Phi) is 6.17. The summed E-state index contributed by atoms with van der Waals surface area (Å²) in [5.41, 5.74) is 1.72. The van der Waals surface area contributed by atoms with Gasteiger partial charge in [-0.15, -0.1) is 0 Å². The van der Waals surface area contributed by atoms with Gasteiger partial charge in [0.25, 0.3) is 0 Å². The zero-order valence-electron chi connectivity index (χ0n) is 16.9. The molecule has 7 nitrogen and oxygen atoms in total. The zero-order valence-corrected chi connectivity index (χ0v) is 16.9. The van der Waals surface area contributed by atoms with E-state index < -0.39 is 18.9 Å². The summed E-state index contributed by atoms with van der Waals surface area (Å²) in [6.45, 7) is -0.0750. The van der Waals surface area contributed by atoms with Crippen LogP contribution < -0.4 is 10.6 Å². The molecule has 2 atom stereocenters. The first kappa shape index (κ1) is 21.9. The maximum atomic E-state index is 14.4. The summed E-state index contributed by atoms with van der Waals surface area (Å²) >= 11 is 0. The van der Waals surface area contributed by atoms with Crippen LogP contribution >= 0.6 is 0 Å². The maximum Gasteiger partial charge on any atom is 0.405 e. The van der Waals surface area contributed by atoms with E-state index >= 15 is 0 Å². The van der Waals surface area contributed by atoms with E-state index in [2.05, 4.69) is 25.7 Å². The van der Waals surface area contributed by atoms with Crippen molar-refractivity contribution in [2.24, 2.45) is 0 Å². The molecule has 4 rings (SSSR count). The van der Waals surface area contributed by atoms with Crippen molar-refractivity contribution in [3.8, 4) is 5.82 Å². The molecule has 1 aliphatic heterocycles. The molecule has 1 saturated heterocycles. The van der Waals surface area contributed by atoms with Gasteiger partial charge in [0.05, 0.1) is 23.1 Å². The molecule has 3 N–H and O–H groups in total. The number of aromatic nitrogens is 4. The van der Waals surface area contributed by atoms with Crippen molar-refractivity contribution in [1.29, 1.82) is 5.41 Å². The third kappa shape index (κ3) is 4.77. The predicted octanol–water partition coefficient (Wildman–Crippen LogP) is 3.37. The fraction of sp³-hybridized carbons (Fsp3) is 0.333. The van der Waals surface area contributed by atoms with Gasteiger partial charge in [-0.2, -0.15) is 18.3 Å². The molecular weight excluding hydrogens is 426 g/mol. The van der Waals surface area contributed by atoms with Gasteiger partial charge in [-0.05, 0) is 31.2 Å². The van der Waals surface area contributed by atoms with E-state index in [4.69, 9.17) is 5.41 Å². The Morgan fingerprint density at radius 2 is 2.16 bits per heavy atom. The third-order valence-electron chi connectivity index (χ3n) is 5.21. The van der Waals surface area contributed by atoms with E-state index in [1.54, 1.807) is 35.1 Å². The van der Waals surface area contributed by atoms with Gasteiger partial charge in [-0.3, -0.25) is 4.98 Å². The number of nitrogens with zero attached hydrogens (tertiary/aromatic N) is 4. The summed E-state index contributed by atoms with van der Waals surface area (Å²) in [4.78, 5) is 8.84. The van der Waals surface area contributed by atoms with Crippen LogP contribution in [-0.4, -0.2) is 57.9 Å². The van der Waals surface area contributed by atoms with Crippen molar-refractivity contribution in [3.05, 3.63) is 54.2 Å². The lowest BCUT2D eigenvalue weighted by Gasteiger charge is -2.26. The fourth-order valence-electron chi connectivity index (χ4n) is 3.61. The number of piperidine rings is 1. The Balaban J connectivity index is 1.67. The first-order valence-electron chi connectivity index (χ1n) is 10.0. The van der Waals surface area contributed by atoms with Crippen molar-refractivity contribution >= 4 is 22.7 Å². The molecule has 3 aromatic heterocycles. The van der Waals surface area contributed by atoms with Crippen LogP contribution in [0.15, 0.2) is 42.9 Å². The first-order chi connectivity index (χ1) is 15.4. The van der Waals surface area contributed by atoms with E-state index in [1.807, 2.05) is 0 Å². The van der Waals surface area contributed by atoms with Crippen LogP contribution in [0.25, 0.3) is 22.3 Å². The summed E-state index contributed by atoms with van der Waals surface area (Å²) < 4.78 is 53.2. The van der Waals surface area contributed by atoms with Gasteiger partial charge < -0.3 is 16.0 Å². The van der Waals surface area contributed by atoms with Gasteiger partial charge in [0.15, 0.2) is 5.82 Å². The number of hydrogen-bond donors (Lipinski definition) is 3. The Bertz CT molecular complexity index is 1140. The normalized spacial score (nSPS) is 19.8. The van der Waals surface area contributed by atoms with Crippen LogP contribution in [0.2, 0.25) is 0 Å². The van der Waals surface area contributed by atoms with Gasteiger partial charge in [0.1, 0.15) is 12.7 Å². The molecule has 0 aromatic carbocycles. The molecule has 0 spiro atoms. The van der Waals surface area contributed by atoms with Crippen LogP contribution in [0.5, 0.6) is 0 Å². The Morgan fingerprint density at radius 3 is 2.91 bits per heavy atom. The Morgan fingerprint density at radius 1 is 1.31 bits per heavy atom. The molecule has 1 aliphatic rings. The monoisotopic (exact) mass is 447 g/mol. The Labute approximate surface area is 181 Å². The molecule has 4 heterocycles. The van der Waals surface area contributed by atoms with Crippen molar-refractivity contribution in [3.63, 3.8) is 0 Å². The molecule has 3 aromatic rings. The molecule has 2 unspecified atom stereocenters. The van der Waals surface area contributed by atoms with Gasteiger partial charge in [-0.1, -0.05) is 6.07 Å². The highest BCUT2D eigenvalue weighted by molar-refractivity contribution is 6.08. The zero-order chi connectivity index (χ0) is 22.7. The van der Waals surface area contributed by atoms with Crippen molar-refractivity contribution < 1.29 is 17.6 Å². The van der Waals surface area contributed by atoms with Crippen molar-refractivity contribution in [1.82, 2.24) is 30.4 Å². The highest BCUT2D eigenvalue weighted by Crippen LogP contribution is 2.26. The second kappa shape index (κ2) is 9.03. The lowest BCUT2D eigenvalue weighted by atomic mass is 9.93. The SMILES string of the molecule is N=C/C(=C\NCC(F)(F)F)c1cc2c(cn1)cnn2-c1cccc(C2CNCCC2F)n1. The molecule has 0 saturated carbocycles. The molecule has 0 bridgehead atoms. The number of hydrogen-bond acceptors (Lipinski definition) is 6. The summed E-state index contributed by atoms with van der Waals surface area (Å²) in [5, 5.41) is 17.9. The largest absolute Gasteiger partial charge is 0.405 e. The number of halogens is 4. The molecule has 0 amide bonds. The highest BCUT2D eigenvalue weighted by atomic mass is 19.4. The number of allylic oxidation sites excluding steroid dienone is 1. The molecule has 32 heavy (non-hydrogen) atoms. The van der Waals surface area contributed by atoms with Crippen molar-refractivity contribution in [2.75, 3.05) is 19.6 Å². The van der Waals surface area contributed by atoms with E-state index in [0.717, 1.165) is 12.4 Å². The molecule has 0 radical (unpaired) electrons. The van der Waals surface area contributed by atoms with E-state index in [9.17, 15) is 17.6 Å². The quantitative estimate of drug-likeness (QED) is 0.398. The summed E-state index contributed by atoms with van der Waals surface area (Å²) in [5.74, 6) is 0.137. The molecule has 168 valence electrons. The predicted molar refractivity (Wildman–Crippen MR) is 113 cm³/mol. The van der Waals surface area contributed by atoms with Crippen LogP contribution in [-0.2, 0) is 0 Å². The maximum absolute atomic E-state index is 14.4. The van der Waals surface area contributed by atoms with Gasteiger partial charge in [-0.25, -0.2) is 14.1 Å².